The van der Waals surface area contributed by atoms with Crippen molar-refractivity contribution in [3.63, 3.8) is 0 Å². The van der Waals surface area contributed by atoms with E-state index in [2.05, 4.69) is 15.0 Å². The molecule has 2 heterocycles. The molecule has 0 fully saturated rings. The largest absolute Gasteiger partial charge is 0.455 e. The first-order valence-electron chi connectivity index (χ1n) is 9.13. The summed E-state index contributed by atoms with van der Waals surface area (Å²) in [5, 5.41) is -0.633. The van der Waals surface area contributed by atoms with E-state index in [1.807, 2.05) is 0 Å². The van der Waals surface area contributed by atoms with Gasteiger partial charge in [0.1, 0.15) is 11.2 Å². The second kappa shape index (κ2) is 4.69. The van der Waals surface area contributed by atoms with Crippen molar-refractivity contribution in [3.8, 4) is 11.4 Å². The van der Waals surface area contributed by atoms with Gasteiger partial charge in [-0.1, -0.05) is 30.2 Å². The topological polar surface area (TPSA) is 51.8 Å². The maximum absolute atomic E-state index is 8.24. The molecule has 4 nitrogen and oxygen atoms in total. The highest BCUT2D eigenvalue weighted by atomic mass is 35.5. The normalized spacial score (nSPS) is 16.0. The van der Waals surface area contributed by atoms with Gasteiger partial charge in [-0.3, -0.25) is 0 Å². The quantitative estimate of drug-likeness (QED) is 0.507. The van der Waals surface area contributed by atoms with Gasteiger partial charge >= 0.3 is 0 Å². The summed E-state index contributed by atoms with van der Waals surface area (Å²) in [6, 6.07) is -3.23. The molecule has 0 aliphatic carbocycles. The summed E-state index contributed by atoms with van der Waals surface area (Å²) in [7, 11) is 0. The average Bonchev–Trinajstić information content (AvgIpc) is 3.02. The summed E-state index contributed by atoms with van der Waals surface area (Å²) in [5.74, 6) is -0.178. The number of aromatic nitrogens is 3. The molecule has 4 rings (SSSR count). The van der Waals surface area contributed by atoms with Crippen LogP contribution in [0.3, 0.4) is 0 Å². The number of furan rings is 1. The maximum atomic E-state index is 8.24. The van der Waals surface area contributed by atoms with Gasteiger partial charge in [-0.2, -0.15) is 15.0 Å². The van der Waals surface area contributed by atoms with Crippen molar-refractivity contribution in [2.75, 3.05) is 0 Å². The zero-order valence-electron chi connectivity index (χ0n) is 17.0. The number of rotatable bonds is 1. The number of nitrogens with zero attached hydrogens (tertiary/aromatic N) is 3. The Labute approximate surface area is 139 Å². The van der Waals surface area contributed by atoms with Gasteiger partial charge in [0.2, 0.25) is 10.6 Å². The predicted molar refractivity (Wildman–Crippen MR) is 82.6 cm³/mol. The van der Waals surface area contributed by atoms with E-state index in [-0.39, 0.29) is 43.9 Å². The van der Waals surface area contributed by atoms with Crippen LogP contribution in [0.1, 0.15) is 9.60 Å². The average molecular weight is 323 g/mol. The Bertz CT molecular complexity index is 1310. The molecule has 0 N–H and O–H groups in total. The first kappa shape index (κ1) is 7.20. The zero-order chi connectivity index (χ0) is 20.5. The first-order valence-corrected chi connectivity index (χ1v) is 6.38. The van der Waals surface area contributed by atoms with Gasteiger partial charge in [0.25, 0.3) is 0 Å². The Morgan fingerprint density at radius 2 is 1.57 bits per heavy atom. The van der Waals surface area contributed by atoms with Gasteiger partial charge in [0.05, 0.1) is 15.2 Å². The lowest BCUT2D eigenvalue weighted by Crippen LogP contribution is -1.93. The van der Waals surface area contributed by atoms with Crippen LogP contribution in [-0.2, 0) is 0 Å². The summed E-state index contributed by atoms with van der Waals surface area (Å²) in [4.78, 5) is 11.4. The highest BCUT2D eigenvalue weighted by Crippen LogP contribution is 2.34. The third-order valence-electron chi connectivity index (χ3n) is 2.74. The summed E-state index contributed by atoms with van der Waals surface area (Å²) in [6.07, 6.45) is 0. The van der Waals surface area contributed by atoms with Crippen molar-refractivity contribution in [2.45, 2.75) is 0 Å². The Hall–Kier alpha value is -2.17. The molecule has 0 amide bonds. The molecule has 0 unspecified atom stereocenters. The fourth-order valence-corrected chi connectivity index (χ4v) is 2.29. The molecule has 4 aromatic rings. The van der Waals surface area contributed by atoms with Crippen LogP contribution < -0.4 is 0 Å². The number of hydrogen-bond acceptors (Lipinski definition) is 4. The molecular formula is C15H7Cl2N3O. The van der Waals surface area contributed by atoms with Gasteiger partial charge in [0, 0.05) is 10.8 Å². The van der Waals surface area contributed by atoms with Crippen molar-refractivity contribution in [1.82, 2.24) is 15.0 Å². The molecule has 0 saturated heterocycles. The molecule has 0 atom stereocenters. The lowest BCUT2D eigenvalue weighted by Gasteiger charge is -2.01. The van der Waals surface area contributed by atoms with Crippen molar-refractivity contribution in [3.05, 3.63) is 52.9 Å². The van der Waals surface area contributed by atoms with Crippen LogP contribution in [0.5, 0.6) is 0 Å². The van der Waals surface area contributed by atoms with Crippen LogP contribution in [0.25, 0.3) is 33.3 Å². The second-order valence-electron chi connectivity index (χ2n) is 3.96. The monoisotopic (exact) mass is 322 g/mol. The number of hydrogen-bond donors (Lipinski definition) is 0. The Balaban J connectivity index is 2.30. The first-order chi connectivity index (χ1) is 13.1. The van der Waals surface area contributed by atoms with Crippen LogP contribution in [0.2, 0.25) is 10.6 Å². The maximum Gasteiger partial charge on any atom is 0.227 e. The summed E-state index contributed by atoms with van der Waals surface area (Å²) in [6.45, 7) is 0. The molecule has 0 saturated carbocycles. The molecule has 0 radical (unpaired) electrons. The zero-order valence-corrected chi connectivity index (χ0v) is 11.5. The molecule has 0 bridgehead atoms. The second-order valence-corrected chi connectivity index (χ2v) is 4.63. The molecule has 6 heteroatoms. The van der Waals surface area contributed by atoms with Gasteiger partial charge in [-0.15, -0.1) is 0 Å². The molecular weight excluding hydrogens is 309 g/mol. The predicted octanol–water partition coefficient (Wildman–Crippen LogP) is 4.74. The molecule has 21 heavy (non-hydrogen) atoms. The van der Waals surface area contributed by atoms with E-state index in [1.165, 1.54) is 0 Å². The van der Waals surface area contributed by atoms with Gasteiger partial charge in [-0.25, -0.2) is 0 Å². The smallest absolute Gasteiger partial charge is 0.227 e. The number of benzene rings is 2. The molecule has 0 aliphatic heterocycles. The molecule has 102 valence electrons. The van der Waals surface area contributed by atoms with E-state index < -0.39 is 42.3 Å². The van der Waals surface area contributed by atoms with Gasteiger partial charge in [-0.05, 0) is 35.3 Å². The van der Waals surface area contributed by atoms with Crippen molar-refractivity contribution in [1.29, 1.82) is 0 Å². The summed E-state index contributed by atoms with van der Waals surface area (Å²) in [5.41, 5.74) is -0.450. The van der Waals surface area contributed by atoms with E-state index in [0.29, 0.717) is 0 Å². The van der Waals surface area contributed by atoms with Crippen LogP contribution in [0.4, 0.5) is 0 Å². The Morgan fingerprint density at radius 1 is 0.857 bits per heavy atom. The van der Waals surface area contributed by atoms with Crippen molar-refractivity contribution < 1.29 is 14.0 Å². The molecule has 0 spiro atoms. The van der Waals surface area contributed by atoms with E-state index >= 15 is 0 Å². The lowest BCUT2D eigenvalue weighted by atomic mass is 10.1. The van der Waals surface area contributed by atoms with Gasteiger partial charge < -0.3 is 4.42 Å². The van der Waals surface area contributed by atoms with E-state index in [0.717, 1.165) is 0 Å². The van der Waals surface area contributed by atoms with E-state index in [4.69, 9.17) is 37.2 Å². The highest BCUT2D eigenvalue weighted by Gasteiger charge is 2.14. The number of para-hydroxylation sites is 2. The van der Waals surface area contributed by atoms with E-state index in [9.17, 15) is 0 Å². The molecule has 2 aromatic carbocycles. The van der Waals surface area contributed by atoms with Crippen LogP contribution in [0, 0.1) is 0 Å². The fraction of sp³-hybridized carbons (Fsp3) is 0. The molecule has 2 aromatic heterocycles. The Kier molecular flexibility index (Phi) is 1.61. The SMILES string of the molecule is [2H]c1c([2H])c([2H])c2c(oc3c(-c4nc(Cl)nc(Cl)n4)c([2H])c([2H])c([2H])c32)c1[2H]. The minimum Gasteiger partial charge on any atom is -0.455 e. The van der Waals surface area contributed by atoms with Gasteiger partial charge in [0.15, 0.2) is 5.82 Å². The van der Waals surface area contributed by atoms with Crippen molar-refractivity contribution >= 4 is 45.1 Å². The third kappa shape index (κ3) is 2.04. The highest BCUT2D eigenvalue weighted by molar-refractivity contribution is 6.31. The van der Waals surface area contributed by atoms with Crippen LogP contribution in [0.15, 0.2) is 46.7 Å². The summed E-state index contributed by atoms with van der Waals surface area (Å²) >= 11 is 11.6. The summed E-state index contributed by atoms with van der Waals surface area (Å²) < 4.78 is 62.2. The lowest BCUT2D eigenvalue weighted by molar-refractivity contribution is 0.669. The van der Waals surface area contributed by atoms with Crippen LogP contribution >= 0.6 is 23.2 Å². The standard InChI is InChI=1S/C15H7Cl2N3O/c16-14-18-13(19-15(17)20-14)10-6-3-5-9-8-4-1-2-7-11(8)21-12(9)10/h1-7H/i1D,2D,3D,4D,5D,6D,7D. The fourth-order valence-electron chi connectivity index (χ4n) is 1.92. The number of fused-ring (bicyclic) bond motifs is 3. The minimum absolute atomic E-state index is 0.0503. The third-order valence-corrected chi connectivity index (χ3v) is 3.08. The van der Waals surface area contributed by atoms with Crippen molar-refractivity contribution in [2.24, 2.45) is 0 Å². The molecule has 0 aliphatic rings. The van der Waals surface area contributed by atoms with Crippen LogP contribution in [-0.4, -0.2) is 15.0 Å². The number of halogens is 2. The Morgan fingerprint density at radius 3 is 2.38 bits per heavy atom. The van der Waals surface area contributed by atoms with E-state index in [1.54, 1.807) is 0 Å². The minimum atomic E-state index is -0.506.